The van der Waals surface area contributed by atoms with Gasteiger partial charge in [-0.3, -0.25) is 14.5 Å². The number of hydrogen-bond donors (Lipinski definition) is 0. The first-order valence-electron chi connectivity index (χ1n) is 11.5. The van der Waals surface area contributed by atoms with Gasteiger partial charge in [-0.15, -0.1) is 0 Å². The van der Waals surface area contributed by atoms with Crippen LogP contribution in [-0.4, -0.2) is 86.9 Å². The molecule has 0 bridgehead atoms. The third-order valence-electron chi connectivity index (χ3n) is 5.72. The summed E-state index contributed by atoms with van der Waals surface area (Å²) in [5.74, 6) is -0.0509. The lowest BCUT2D eigenvalue weighted by atomic mass is 10.1. The zero-order valence-corrected chi connectivity index (χ0v) is 21.6. The van der Waals surface area contributed by atoms with Gasteiger partial charge in [0.2, 0.25) is 0 Å². The van der Waals surface area contributed by atoms with E-state index in [9.17, 15) is 14.4 Å². The average Bonchev–Trinajstić information content (AvgIpc) is 3.19. The van der Waals surface area contributed by atoms with E-state index in [0.717, 1.165) is 0 Å². The van der Waals surface area contributed by atoms with Crippen LogP contribution in [-0.2, 0) is 19.1 Å². The topological polar surface area (TPSA) is 107 Å². The highest BCUT2D eigenvalue weighted by Gasteiger charge is 2.31. The summed E-state index contributed by atoms with van der Waals surface area (Å²) in [6, 6.07) is 12.0. The zero-order valence-electron chi connectivity index (χ0n) is 20.8. The number of esters is 1. The Balaban J connectivity index is 1.57. The molecule has 0 aliphatic carbocycles. The van der Waals surface area contributed by atoms with Crippen LogP contribution in [0.15, 0.2) is 52.4 Å². The smallest absolute Gasteiger partial charge is 0.337 e. The van der Waals surface area contributed by atoms with Crippen molar-refractivity contribution in [2.45, 2.75) is 0 Å². The average molecular weight is 526 g/mol. The van der Waals surface area contributed by atoms with Crippen molar-refractivity contribution in [3.05, 3.63) is 58.5 Å². The summed E-state index contributed by atoms with van der Waals surface area (Å²) >= 11 is 1.19. The molecule has 0 N–H and O–H groups in total. The molecule has 0 aromatic heterocycles. The lowest BCUT2D eigenvalue weighted by molar-refractivity contribution is -0.137. The highest BCUT2D eigenvalue weighted by atomic mass is 32.2. The number of ether oxygens (including phenoxy) is 4. The molecule has 2 saturated heterocycles. The fourth-order valence-corrected chi connectivity index (χ4v) is 4.70. The zero-order chi connectivity index (χ0) is 26.4. The van der Waals surface area contributed by atoms with Crippen LogP contribution >= 0.6 is 11.8 Å². The standard InChI is InChI=1S/C26H27N3O7S/c1-28-24(31)21(37-26(28)27-19-8-4-7-18(14-19)25(32)34-3)15-17-6-5-9-20(33-2)23(17)36-16-22(30)29-10-12-35-13-11-29/h4-9,14-15H,10-13,16H2,1-3H3. The Morgan fingerprint density at radius 3 is 2.62 bits per heavy atom. The molecule has 4 rings (SSSR count). The van der Waals surface area contributed by atoms with Crippen molar-refractivity contribution < 1.29 is 33.3 Å². The van der Waals surface area contributed by atoms with E-state index in [-0.39, 0.29) is 18.4 Å². The lowest BCUT2D eigenvalue weighted by Crippen LogP contribution is -2.43. The van der Waals surface area contributed by atoms with Crippen LogP contribution in [0.4, 0.5) is 5.69 Å². The first-order valence-corrected chi connectivity index (χ1v) is 12.3. The van der Waals surface area contributed by atoms with Gasteiger partial charge in [0, 0.05) is 25.7 Å². The number of carbonyl (C=O) groups is 3. The summed E-state index contributed by atoms with van der Waals surface area (Å²) in [6.45, 7) is 1.88. The number of carbonyl (C=O) groups excluding carboxylic acids is 3. The van der Waals surface area contributed by atoms with E-state index >= 15 is 0 Å². The molecule has 2 aromatic carbocycles. The molecule has 194 valence electrons. The van der Waals surface area contributed by atoms with Crippen LogP contribution in [0.5, 0.6) is 11.5 Å². The van der Waals surface area contributed by atoms with Crippen LogP contribution in [0, 0.1) is 0 Å². The number of likely N-dealkylation sites (N-methyl/N-ethyl adjacent to an activating group) is 1. The van der Waals surface area contributed by atoms with Crippen molar-refractivity contribution >= 4 is 46.5 Å². The number of hydrogen-bond acceptors (Lipinski definition) is 9. The van der Waals surface area contributed by atoms with Gasteiger partial charge in [-0.05, 0) is 42.1 Å². The second-order valence-corrected chi connectivity index (χ2v) is 9.08. The van der Waals surface area contributed by atoms with Gasteiger partial charge in [-0.25, -0.2) is 9.79 Å². The fraction of sp³-hybridized carbons (Fsp3) is 0.308. The molecular weight excluding hydrogens is 498 g/mol. The van der Waals surface area contributed by atoms with Gasteiger partial charge in [-0.1, -0.05) is 18.2 Å². The Kier molecular flexibility index (Phi) is 8.47. The number of methoxy groups -OCH3 is 2. The van der Waals surface area contributed by atoms with E-state index in [0.29, 0.717) is 64.7 Å². The number of amidine groups is 1. The van der Waals surface area contributed by atoms with Gasteiger partial charge < -0.3 is 23.8 Å². The SMILES string of the molecule is COC(=O)c1cccc(N=C2SC(=Cc3cccc(OC)c3OCC(=O)N3CCOCC3)C(=O)N2C)c1. The second kappa shape index (κ2) is 11.9. The van der Waals surface area contributed by atoms with Gasteiger partial charge in [0.15, 0.2) is 23.3 Å². The van der Waals surface area contributed by atoms with E-state index in [1.165, 1.54) is 30.9 Å². The summed E-state index contributed by atoms with van der Waals surface area (Å²) in [4.78, 5) is 45.5. The van der Waals surface area contributed by atoms with Crippen LogP contribution in [0.2, 0.25) is 0 Å². The quantitative estimate of drug-likeness (QED) is 0.401. The van der Waals surface area contributed by atoms with E-state index < -0.39 is 5.97 Å². The maximum atomic E-state index is 13.0. The molecule has 2 aliphatic rings. The molecule has 0 unspecified atom stereocenters. The number of amides is 2. The first-order chi connectivity index (χ1) is 17.9. The van der Waals surface area contributed by atoms with Crippen molar-refractivity contribution in [3.63, 3.8) is 0 Å². The Morgan fingerprint density at radius 1 is 1.14 bits per heavy atom. The van der Waals surface area contributed by atoms with Crippen molar-refractivity contribution in [3.8, 4) is 11.5 Å². The summed E-state index contributed by atoms with van der Waals surface area (Å²) < 4.78 is 21.4. The Bertz CT molecular complexity index is 1250. The first kappa shape index (κ1) is 26.2. The van der Waals surface area contributed by atoms with Crippen LogP contribution < -0.4 is 9.47 Å². The van der Waals surface area contributed by atoms with Gasteiger partial charge in [0.25, 0.3) is 11.8 Å². The number of thioether (sulfide) groups is 1. The number of rotatable bonds is 7. The highest BCUT2D eigenvalue weighted by molar-refractivity contribution is 8.18. The Morgan fingerprint density at radius 2 is 1.89 bits per heavy atom. The van der Waals surface area contributed by atoms with Gasteiger partial charge in [-0.2, -0.15) is 0 Å². The predicted octanol–water partition coefficient (Wildman–Crippen LogP) is 2.95. The molecule has 2 fully saturated rings. The number of nitrogens with zero attached hydrogens (tertiary/aromatic N) is 3. The highest BCUT2D eigenvalue weighted by Crippen LogP contribution is 2.38. The minimum Gasteiger partial charge on any atom is -0.493 e. The molecule has 0 saturated carbocycles. The molecule has 10 nitrogen and oxygen atoms in total. The summed E-state index contributed by atoms with van der Waals surface area (Å²) in [7, 11) is 4.45. The number of morpholine rings is 1. The summed E-state index contributed by atoms with van der Waals surface area (Å²) in [6.07, 6.45) is 1.69. The van der Waals surface area contributed by atoms with E-state index in [2.05, 4.69) is 4.99 Å². The minimum atomic E-state index is -0.469. The van der Waals surface area contributed by atoms with Gasteiger partial charge in [0.1, 0.15) is 0 Å². The lowest BCUT2D eigenvalue weighted by Gasteiger charge is -2.27. The van der Waals surface area contributed by atoms with Crippen molar-refractivity contribution in [2.24, 2.45) is 4.99 Å². The second-order valence-electron chi connectivity index (χ2n) is 8.07. The Hall–Kier alpha value is -3.83. The summed E-state index contributed by atoms with van der Waals surface area (Å²) in [5, 5.41) is 0.450. The predicted molar refractivity (Wildman–Crippen MR) is 139 cm³/mol. The molecule has 37 heavy (non-hydrogen) atoms. The molecule has 2 heterocycles. The normalized spacial score (nSPS) is 17.9. The monoisotopic (exact) mass is 525 g/mol. The summed E-state index contributed by atoms with van der Waals surface area (Å²) in [5.41, 5.74) is 1.47. The maximum absolute atomic E-state index is 13.0. The Labute approximate surface area is 218 Å². The van der Waals surface area contributed by atoms with E-state index in [1.54, 1.807) is 60.5 Å². The van der Waals surface area contributed by atoms with Crippen molar-refractivity contribution in [2.75, 3.05) is 54.2 Å². The third-order valence-corrected chi connectivity index (χ3v) is 6.78. The van der Waals surface area contributed by atoms with Gasteiger partial charge in [0.05, 0.1) is 43.6 Å². The number of para-hydroxylation sites is 1. The van der Waals surface area contributed by atoms with Crippen LogP contribution in [0.3, 0.4) is 0 Å². The number of aliphatic imine (C=N–C) groups is 1. The van der Waals surface area contributed by atoms with Crippen molar-refractivity contribution in [1.82, 2.24) is 9.80 Å². The molecule has 2 aromatic rings. The maximum Gasteiger partial charge on any atom is 0.337 e. The molecule has 0 radical (unpaired) electrons. The molecular formula is C26H27N3O7S. The molecule has 2 aliphatic heterocycles. The molecule has 0 atom stereocenters. The van der Waals surface area contributed by atoms with E-state index in [4.69, 9.17) is 18.9 Å². The molecule has 0 spiro atoms. The van der Waals surface area contributed by atoms with Crippen LogP contribution in [0.1, 0.15) is 15.9 Å². The van der Waals surface area contributed by atoms with Gasteiger partial charge >= 0.3 is 5.97 Å². The minimum absolute atomic E-state index is 0.150. The van der Waals surface area contributed by atoms with Crippen molar-refractivity contribution in [1.29, 1.82) is 0 Å². The third kappa shape index (κ3) is 6.12. The van der Waals surface area contributed by atoms with E-state index in [1.807, 2.05) is 0 Å². The fourth-order valence-electron chi connectivity index (χ4n) is 3.72. The van der Waals surface area contributed by atoms with Crippen LogP contribution in [0.25, 0.3) is 6.08 Å². The largest absolute Gasteiger partial charge is 0.493 e. The number of benzene rings is 2. The molecule has 11 heteroatoms. The molecule has 2 amide bonds.